The molecule has 4 aromatic carbocycles. The van der Waals surface area contributed by atoms with Crippen LogP contribution in [0.2, 0.25) is 0 Å². The number of hydrogen-bond acceptors (Lipinski definition) is 7. The quantitative estimate of drug-likeness (QED) is 0.175. The summed E-state index contributed by atoms with van der Waals surface area (Å²) in [5, 5.41) is 0. The van der Waals surface area contributed by atoms with E-state index < -0.39 is 12.0 Å². The van der Waals surface area contributed by atoms with E-state index in [0.717, 1.165) is 22.3 Å². The number of aromatic nitrogens is 1. The lowest BCUT2D eigenvalue weighted by Crippen LogP contribution is -2.39. The molecule has 0 radical (unpaired) electrons. The third-order valence-electron chi connectivity index (χ3n) is 7.36. The summed E-state index contributed by atoms with van der Waals surface area (Å²) < 4.78 is 32.7. The van der Waals surface area contributed by atoms with Crippen LogP contribution in [0.4, 0.5) is 4.39 Å². The number of halogens is 1. The maximum absolute atomic E-state index is 14.2. The first kappa shape index (κ1) is 30.7. The number of ether oxygens (including phenoxy) is 3. The van der Waals surface area contributed by atoms with Crippen LogP contribution in [0.25, 0.3) is 11.8 Å². The zero-order valence-corrected chi connectivity index (χ0v) is 26.1. The highest BCUT2D eigenvalue weighted by Gasteiger charge is 2.35. The molecule has 1 aliphatic heterocycles. The molecule has 1 atom stereocenters. The van der Waals surface area contributed by atoms with Crippen molar-refractivity contribution in [1.82, 2.24) is 4.57 Å². The number of rotatable bonds is 10. The van der Waals surface area contributed by atoms with Gasteiger partial charge in [0.05, 0.1) is 35.1 Å². The zero-order valence-electron chi connectivity index (χ0n) is 25.3. The smallest absolute Gasteiger partial charge is 0.338 e. The fraction of sp³-hybridized carbons (Fsp3) is 0.162. The summed E-state index contributed by atoms with van der Waals surface area (Å²) in [6.07, 6.45) is 1.79. The lowest BCUT2D eigenvalue weighted by atomic mass is 9.93. The molecule has 1 aliphatic rings. The number of esters is 1. The summed E-state index contributed by atoms with van der Waals surface area (Å²) >= 11 is 1.25. The average Bonchev–Trinajstić information content (AvgIpc) is 3.39. The van der Waals surface area contributed by atoms with Crippen LogP contribution < -0.4 is 24.4 Å². The van der Waals surface area contributed by atoms with Crippen molar-refractivity contribution in [2.75, 3.05) is 13.2 Å². The molecule has 0 unspecified atom stereocenters. The third-order valence-corrected chi connectivity index (χ3v) is 8.34. The number of nitrogens with zero attached hydrogens (tertiary/aromatic N) is 2. The molecule has 1 aromatic heterocycles. The van der Waals surface area contributed by atoms with Crippen molar-refractivity contribution < 1.29 is 23.4 Å². The predicted molar refractivity (Wildman–Crippen MR) is 176 cm³/mol. The molecular formula is C37H31FN2O5S. The van der Waals surface area contributed by atoms with Crippen molar-refractivity contribution >= 4 is 29.1 Å². The molecule has 0 fully saturated rings. The summed E-state index contributed by atoms with van der Waals surface area (Å²) in [4.78, 5) is 33.1. The van der Waals surface area contributed by atoms with E-state index in [0.29, 0.717) is 38.7 Å². The summed E-state index contributed by atoms with van der Waals surface area (Å²) in [5.41, 5.74) is 3.57. The Balaban J connectivity index is 1.46. The lowest BCUT2D eigenvalue weighted by molar-refractivity contribution is -0.138. The van der Waals surface area contributed by atoms with E-state index in [1.165, 1.54) is 23.5 Å². The van der Waals surface area contributed by atoms with Gasteiger partial charge in [0.25, 0.3) is 5.56 Å². The van der Waals surface area contributed by atoms with Gasteiger partial charge in [-0.1, -0.05) is 90.2 Å². The number of carbonyl (C=O) groups excluding carboxylic acids is 1. The van der Waals surface area contributed by atoms with E-state index in [-0.39, 0.29) is 24.6 Å². The Morgan fingerprint density at radius 3 is 2.30 bits per heavy atom. The van der Waals surface area contributed by atoms with Crippen LogP contribution in [0.3, 0.4) is 0 Å². The van der Waals surface area contributed by atoms with Crippen LogP contribution in [-0.4, -0.2) is 23.8 Å². The highest BCUT2D eigenvalue weighted by Crippen LogP contribution is 2.35. The lowest BCUT2D eigenvalue weighted by Gasteiger charge is -2.25. The van der Waals surface area contributed by atoms with Crippen LogP contribution >= 0.6 is 11.3 Å². The van der Waals surface area contributed by atoms with Gasteiger partial charge in [-0.05, 0) is 60.9 Å². The van der Waals surface area contributed by atoms with Crippen molar-refractivity contribution in [3.8, 4) is 11.5 Å². The fourth-order valence-electron chi connectivity index (χ4n) is 5.29. The maximum Gasteiger partial charge on any atom is 0.338 e. The van der Waals surface area contributed by atoms with Gasteiger partial charge in [-0.3, -0.25) is 9.36 Å². The van der Waals surface area contributed by atoms with Crippen LogP contribution in [0.5, 0.6) is 11.5 Å². The first-order chi connectivity index (χ1) is 22.5. The van der Waals surface area contributed by atoms with E-state index >= 15 is 0 Å². The number of fused-ring (bicyclic) bond motifs is 1. The highest BCUT2D eigenvalue weighted by molar-refractivity contribution is 7.07. The van der Waals surface area contributed by atoms with Crippen molar-refractivity contribution in [2.24, 2.45) is 4.99 Å². The molecule has 2 heterocycles. The summed E-state index contributed by atoms with van der Waals surface area (Å²) in [6.45, 7) is 4.47. The van der Waals surface area contributed by atoms with Crippen LogP contribution in [0.15, 0.2) is 118 Å². The predicted octanol–water partition coefficient (Wildman–Crippen LogP) is 6.05. The maximum atomic E-state index is 14.2. The average molecular weight is 635 g/mol. The molecular weight excluding hydrogens is 603 g/mol. The second-order valence-corrected chi connectivity index (χ2v) is 11.4. The van der Waals surface area contributed by atoms with Gasteiger partial charge in [-0.25, -0.2) is 14.2 Å². The van der Waals surface area contributed by atoms with E-state index in [4.69, 9.17) is 19.2 Å². The second-order valence-electron chi connectivity index (χ2n) is 10.4. The Labute approximate surface area is 269 Å². The topological polar surface area (TPSA) is 79.1 Å². The van der Waals surface area contributed by atoms with Gasteiger partial charge in [0.1, 0.15) is 12.4 Å². The third kappa shape index (κ3) is 6.41. The normalized spacial score (nSPS) is 14.4. The molecule has 0 spiro atoms. The standard InChI is InChI=1S/C37H31FN2O5S/c1-3-43-30-21-25(17-20-29(30)45-23-24-15-18-28(38)19-16-24)22-31-35(41)40-34(27-13-9-6-10-14-27)32(36(42)44-4-2)33(39-37(40)46-31)26-11-7-5-8-12-26/h5-22,34H,3-4,23H2,1-2H3/b31-22-/t34-/m1/s1. The van der Waals surface area contributed by atoms with Gasteiger partial charge >= 0.3 is 5.97 Å². The Morgan fingerprint density at radius 1 is 0.891 bits per heavy atom. The Hall–Kier alpha value is -5.28. The highest BCUT2D eigenvalue weighted by atomic mass is 32.1. The zero-order chi connectivity index (χ0) is 32.0. The molecule has 232 valence electrons. The summed E-state index contributed by atoms with van der Waals surface area (Å²) in [7, 11) is 0. The van der Waals surface area contributed by atoms with Gasteiger partial charge in [0, 0.05) is 5.56 Å². The molecule has 9 heteroatoms. The largest absolute Gasteiger partial charge is 0.490 e. The molecule has 0 bridgehead atoms. The summed E-state index contributed by atoms with van der Waals surface area (Å²) in [5.74, 6) is 0.215. The first-order valence-corrected chi connectivity index (χ1v) is 15.8. The van der Waals surface area contributed by atoms with E-state index in [9.17, 15) is 14.0 Å². The number of thiazole rings is 1. The number of benzene rings is 4. The van der Waals surface area contributed by atoms with Crippen LogP contribution in [-0.2, 0) is 16.1 Å². The fourth-order valence-corrected chi connectivity index (χ4v) is 6.29. The van der Waals surface area contributed by atoms with Crippen molar-refractivity contribution in [2.45, 2.75) is 26.5 Å². The van der Waals surface area contributed by atoms with Crippen molar-refractivity contribution in [1.29, 1.82) is 0 Å². The minimum absolute atomic E-state index is 0.183. The molecule has 7 nitrogen and oxygen atoms in total. The van der Waals surface area contributed by atoms with Crippen molar-refractivity contribution in [3.63, 3.8) is 0 Å². The molecule has 0 saturated heterocycles. The number of hydrogen-bond donors (Lipinski definition) is 0. The number of carbonyl (C=O) groups is 1. The Bertz CT molecular complexity index is 2070. The van der Waals surface area contributed by atoms with Gasteiger partial charge in [0.2, 0.25) is 0 Å². The minimum Gasteiger partial charge on any atom is -0.490 e. The van der Waals surface area contributed by atoms with E-state index in [2.05, 4.69) is 0 Å². The SMILES string of the molecule is CCOC(=O)C1=C(c2ccccc2)N=c2s/c(=C\c3ccc(OCc4ccc(F)cc4)c(OCC)c3)c(=O)n2[C@@H]1c1ccccc1. The monoisotopic (exact) mass is 634 g/mol. The van der Waals surface area contributed by atoms with Crippen LogP contribution in [0, 0.1) is 5.82 Å². The molecule has 6 rings (SSSR count). The van der Waals surface area contributed by atoms with Crippen LogP contribution in [0.1, 0.15) is 42.1 Å². The second kappa shape index (κ2) is 13.8. The Kier molecular flexibility index (Phi) is 9.21. The van der Waals surface area contributed by atoms with Gasteiger partial charge in [-0.15, -0.1) is 0 Å². The first-order valence-electron chi connectivity index (χ1n) is 14.9. The van der Waals surface area contributed by atoms with E-state index in [1.807, 2.05) is 79.7 Å². The van der Waals surface area contributed by atoms with E-state index in [1.54, 1.807) is 35.8 Å². The van der Waals surface area contributed by atoms with Gasteiger partial charge in [-0.2, -0.15) is 0 Å². The molecule has 0 N–H and O–H groups in total. The molecule has 5 aromatic rings. The Morgan fingerprint density at radius 2 is 1.61 bits per heavy atom. The summed E-state index contributed by atoms with van der Waals surface area (Å²) in [6, 6.07) is 29.7. The molecule has 46 heavy (non-hydrogen) atoms. The van der Waals surface area contributed by atoms with Gasteiger partial charge < -0.3 is 14.2 Å². The molecule has 0 saturated carbocycles. The molecule has 0 amide bonds. The van der Waals surface area contributed by atoms with Crippen molar-refractivity contribution in [3.05, 3.63) is 156 Å². The molecule has 0 aliphatic carbocycles. The minimum atomic E-state index is -0.741. The van der Waals surface area contributed by atoms with Gasteiger partial charge in [0.15, 0.2) is 16.3 Å².